The lowest BCUT2D eigenvalue weighted by molar-refractivity contribution is 0.847. The molecular formula is C15H10. The van der Waals surface area contributed by atoms with Crippen LogP contribution in [0.2, 0.25) is 0 Å². The molecule has 0 N–H and O–H groups in total. The number of rotatable bonds is 0. The first-order valence-electron chi connectivity index (χ1n) is 5.70. The minimum absolute atomic E-state index is 0.709. The fourth-order valence-corrected chi connectivity index (χ4v) is 3.69. The third-order valence-electron chi connectivity index (χ3n) is 4.33. The molecule has 1 atom stereocenters. The van der Waals surface area contributed by atoms with E-state index in [0.29, 0.717) is 5.92 Å². The molecular weight excluding hydrogens is 180 g/mol. The van der Waals surface area contributed by atoms with Crippen molar-refractivity contribution in [2.75, 3.05) is 0 Å². The molecule has 0 heterocycles. The molecule has 5 aliphatic carbocycles. The molecule has 0 nitrogen and oxygen atoms in total. The normalized spacial score (nSPS) is 32.5. The average Bonchev–Trinajstić information content (AvgIpc) is 3.02. The highest BCUT2D eigenvalue weighted by atomic mass is 14.4. The van der Waals surface area contributed by atoms with Gasteiger partial charge < -0.3 is 0 Å². The fourth-order valence-electron chi connectivity index (χ4n) is 3.69. The van der Waals surface area contributed by atoms with Crippen LogP contribution in [0.3, 0.4) is 0 Å². The van der Waals surface area contributed by atoms with Crippen molar-refractivity contribution in [1.29, 1.82) is 0 Å². The van der Waals surface area contributed by atoms with Crippen LogP contribution in [-0.2, 0) is 0 Å². The van der Waals surface area contributed by atoms with Crippen LogP contribution in [0.1, 0.15) is 12.8 Å². The fraction of sp³-hybridized carbons (Fsp3) is 0.200. The number of hydrogen-bond donors (Lipinski definition) is 0. The minimum atomic E-state index is 0.709. The summed E-state index contributed by atoms with van der Waals surface area (Å²) in [6.07, 6.45) is 14.2. The maximum atomic E-state index is 2.46. The SMILES string of the molecule is C1=CC2=C3C(=C1C2)C=C1C3=C2C=CC1C2. The van der Waals surface area contributed by atoms with E-state index in [1.54, 1.807) is 39.0 Å². The number of allylic oxidation sites excluding steroid dienone is 12. The standard InChI is InChI=1S/C15H10/c1-3-10-5-8(1)12-7-13-9-2-4-11(6-9)15(13)14(10)12/h1-4,7-8H,5-6H2. The molecule has 0 spiro atoms. The lowest BCUT2D eigenvalue weighted by atomic mass is 9.94. The third kappa shape index (κ3) is 0.578. The zero-order chi connectivity index (χ0) is 9.57. The highest BCUT2D eigenvalue weighted by Crippen LogP contribution is 2.57. The summed E-state index contributed by atoms with van der Waals surface area (Å²) in [7, 11) is 0. The molecule has 0 saturated carbocycles. The van der Waals surface area contributed by atoms with Crippen molar-refractivity contribution in [3.05, 3.63) is 69.4 Å². The van der Waals surface area contributed by atoms with E-state index in [-0.39, 0.29) is 0 Å². The second kappa shape index (κ2) is 1.88. The van der Waals surface area contributed by atoms with Gasteiger partial charge in [-0.15, -0.1) is 0 Å². The summed E-state index contributed by atoms with van der Waals surface area (Å²) in [6.45, 7) is 0. The molecule has 1 unspecified atom stereocenters. The van der Waals surface area contributed by atoms with Gasteiger partial charge in [0.2, 0.25) is 0 Å². The first-order chi connectivity index (χ1) is 7.42. The van der Waals surface area contributed by atoms with Gasteiger partial charge in [0.05, 0.1) is 0 Å². The van der Waals surface area contributed by atoms with Crippen LogP contribution in [0, 0.1) is 5.92 Å². The van der Waals surface area contributed by atoms with Gasteiger partial charge in [-0.1, -0.05) is 24.3 Å². The summed E-state index contributed by atoms with van der Waals surface area (Å²) in [5.41, 5.74) is 11.0. The predicted octanol–water partition coefficient (Wildman–Crippen LogP) is 3.38. The zero-order valence-electron chi connectivity index (χ0n) is 8.38. The van der Waals surface area contributed by atoms with E-state index in [9.17, 15) is 0 Å². The Kier molecular flexibility index (Phi) is 0.856. The van der Waals surface area contributed by atoms with E-state index < -0.39 is 0 Å². The highest BCUT2D eigenvalue weighted by Gasteiger charge is 2.41. The number of fused-ring (bicyclic) bond motifs is 8. The van der Waals surface area contributed by atoms with Crippen LogP contribution < -0.4 is 0 Å². The molecule has 0 aromatic rings. The summed E-state index contributed by atoms with van der Waals surface area (Å²) in [5.74, 6) is 0.709. The lowest BCUT2D eigenvalue weighted by Gasteiger charge is -2.09. The van der Waals surface area contributed by atoms with Gasteiger partial charge in [-0.3, -0.25) is 0 Å². The first-order valence-corrected chi connectivity index (χ1v) is 5.70. The maximum absolute atomic E-state index is 2.46. The van der Waals surface area contributed by atoms with Gasteiger partial charge in [0, 0.05) is 5.92 Å². The summed E-state index contributed by atoms with van der Waals surface area (Å²) in [5, 5.41) is 0. The zero-order valence-corrected chi connectivity index (χ0v) is 8.38. The third-order valence-corrected chi connectivity index (χ3v) is 4.33. The van der Waals surface area contributed by atoms with E-state index in [2.05, 4.69) is 30.4 Å². The van der Waals surface area contributed by atoms with Gasteiger partial charge in [0.1, 0.15) is 0 Å². The maximum Gasteiger partial charge on any atom is 0.00683 e. The van der Waals surface area contributed by atoms with Gasteiger partial charge in [-0.25, -0.2) is 0 Å². The lowest BCUT2D eigenvalue weighted by Crippen LogP contribution is -1.93. The number of hydrogen-bond acceptors (Lipinski definition) is 0. The van der Waals surface area contributed by atoms with Crippen LogP contribution in [0.25, 0.3) is 0 Å². The average molecular weight is 190 g/mol. The Labute approximate surface area is 88.7 Å². The molecule has 0 radical (unpaired) electrons. The Hall–Kier alpha value is -1.56. The van der Waals surface area contributed by atoms with Crippen molar-refractivity contribution in [3.8, 4) is 0 Å². The Morgan fingerprint density at radius 1 is 0.933 bits per heavy atom. The summed E-state index contributed by atoms with van der Waals surface area (Å²) < 4.78 is 0. The molecule has 5 aliphatic rings. The van der Waals surface area contributed by atoms with Crippen molar-refractivity contribution >= 4 is 0 Å². The van der Waals surface area contributed by atoms with E-state index in [0.717, 1.165) is 0 Å². The highest BCUT2D eigenvalue weighted by molar-refractivity contribution is 5.82. The van der Waals surface area contributed by atoms with Crippen LogP contribution in [-0.4, -0.2) is 0 Å². The van der Waals surface area contributed by atoms with E-state index >= 15 is 0 Å². The second-order valence-electron chi connectivity index (χ2n) is 5.02. The topological polar surface area (TPSA) is 0 Å². The first kappa shape index (κ1) is 6.84. The molecule has 4 bridgehead atoms. The van der Waals surface area contributed by atoms with Crippen molar-refractivity contribution in [2.45, 2.75) is 12.8 Å². The van der Waals surface area contributed by atoms with Gasteiger partial charge in [0.25, 0.3) is 0 Å². The van der Waals surface area contributed by atoms with Crippen LogP contribution >= 0.6 is 0 Å². The summed E-state index contributed by atoms with van der Waals surface area (Å²) >= 11 is 0. The Balaban J connectivity index is 1.95. The van der Waals surface area contributed by atoms with Crippen molar-refractivity contribution in [2.24, 2.45) is 5.92 Å². The largest absolute Gasteiger partial charge is 0.0764 e. The van der Waals surface area contributed by atoms with E-state index in [1.807, 2.05) is 0 Å². The van der Waals surface area contributed by atoms with Crippen LogP contribution in [0.5, 0.6) is 0 Å². The van der Waals surface area contributed by atoms with E-state index in [4.69, 9.17) is 0 Å². The minimum Gasteiger partial charge on any atom is -0.0764 e. The molecule has 0 aliphatic heterocycles. The van der Waals surface area contributed by atoms with Crippen molar-refractivity contribution in [1.82, 2.24) is 0 Å². The van der Waals surface area contributed by atoms with E-state index in [1.165, 1.54) is 12.8 Å². The molecule has 0 fully saturated rings. The molecule has 0 heteroatoms. The monoisotopic (exact) mass is 190 g/mol. The van der Waals surface area contributed by atoms with Gasteiger partial charge >= 0.3 is 0 Å². The van der Waals surface area contributed by atoms with Crippen molar-refractivity contribution < 1.29 is 0 Å². The van der Waals surface area contributed by atoms with Crippen LogP contribution in [0.15, 0.2) is 69.4 Å². The molecule has 0 aromatic heterocycles. The molecule has 15 heavy (non-hydrogen) atoms. The summed E-state index contributed by atoms with van der Waals surface area (Å²) in [4.78, 5) is 0. The Morgan fingerprint density at radius 2 is 1.87 bits per heavy atom. The molecule has 0 aromatic carbocycles. The van der Waals surface area contributed by atoms with Gasteiger partial charge in [-0.05, 0) is 57.9 Å². The molecule has 5 rings (SSSR count). The second-order valence-corrected chi connectivity index (χ2v) is 5.02. The predicted molar refractivity (Wildman–Crippen MR) is 60.2 cm³/mol. The Bertz CT molecular complexity index is 612. The smallest absolute Gasteiger partial charge is 0.00683 e. The van der Waals surface area contributed by atoms with Gasteiger partial charge in [-0.2, -0.15) is 0 Å². The Morgan fingerprint density at radius 3 is 2.87 bits per heavy atom. The molecule has 0 amide bonds. The van der Waals surface area contributed by atoms with Crippen LogP contribution in [0.4, 0.5) is 0 Å². The van der Waals surface area contributed by atoms with Crippen molar-refractivity contribution in [3.63, 3.8) is 0 Å². The molecule has 0 saturated heterocycles. The van der Waals surface area contributed by atoms with Gasteiger partial charge in [0.15, 0.2) is 0 Å². The quantitative estimate of drug-likeness (QED) is 0.549. The molecule has 70 valence electrons. The summed E-state index contributed by atoms with van der Waals surface area (Å²) in [6, 6.07) is 0.